The molecule has 2 N–H and O–H groups in total. The fourth-order valence-corrected chi connectivity index (χ4v) is 2.16. The maximum absolute atomic E-state index is 13.6. The van der Waals surface area contributed by atoms with Crippen molar-refractivity contribution in [2.45, 2.75) is 19.8 Å². The van der Waals surface area contributed by atoms with Crippen molar-refractivity contribution in [1.82, 2.24) is 4.98 Å². The number of pyridine rings is 1. The number of nitriles is 1. The van der Waals surface area contributed by atoms with Crippen LogP contribution in [0.1, 0.15) is 24.0 Å². The summed E-state index contributed by atoms with van der Waals surface area (Å²) in [4.78, 5) is 14.7. The normalized spacial score (nSPS) is 10.3. The van der Waals surface area contributed by atoms with Gasteiger partial charge in [0.1, 0.15) is 11.9 Å². The van der Waals surface area contributed by atoms with Gasteiger partial charge in [-0.15, -0.1) is 0 Å². The number of fused-ring (bicyclic) bond motifs is 1. The molecule has 5 nitrogen and oxygen atoms in total. The Morgan fingerprint density at radius 2 is 2.29 bits per heavy atom. The van der Waals surface area contributed by atoms with Crippen LogP contribution in [0.15, 0.2) is 18.3 Å². The van der Waals surface area contributed by atoms with E-state index in [9.17, 15) is 9.18 Å². The first-order valence-electron chi connectivity index (χ1n) is 6.47. The van der Waals surface area contributed by atoms with Crippen molar-refractivity contribution in [3.63, 3.8) is 0 Å². The van der Waals surface area contributed by atoms with Gasteiger partial charge < -0.3 is 10.4 Å². The molecule has 0 fully saturated rings. The minimum Gasteiger partial charge on any atom is -0.481 e. The Balaban J connectivity index is 2.39. The van der Waals surface area contributed by atoms with Crippen molar-refractivity contribution in [2.75, 3.05) is 11.9 Å². The summed E-state index contributed by atoms with van der Waals surface area (Å²) in [6.45, 7) is 2.13. The van der Waals surface area contributed by atoms with Crippen LogP contribution in [0.3, 0.4) is 0 Å². The number of aromatic nitrogens is 1. The summed E-state index contributed by atoms with van der Waals surface area (Å²) in [5.74, 6) is -1.27. The number of carbonyl (C=O) groups is 1. The van der Waals surface area contributed by atoms with Gasteiger partial charge in [0.25, 0.3) is 0 Å². The van der Waals surface area contributed by atoms with Crippen molar-refractivity contribution in [1.29, 1.82) is 5.26 Å². The molecule has 1 aromatic heterocycles. The molecule has 0 spiro atoms. The largest absolute Gasteiger partial charge is 0.481 e. The van der Waals surface area contributed by atoms with Crippen LogP contribution in [0.5, 0.6) is 0 Å². The van der Waals surface area contributed by atoms with Crippen LogP contribution in [0.4, 0.5) is 10.1 Å². The molecule has 0 aliphatic rings. The zero-order chi connectivity index (χ0) is 15.4. The van der Waals surface area contributed by atoms with Crippen LogP contribution in [-0.2, 0) is 4.79 Å². The van der Waals surface area contributed by atoms with E-state index < -0.39 is 11.8 Å². The molecule has 0 saturated carbocycles. The highest BCUT2D eigenvalue weighted by Gasteiger charge is 2.11. The van der Waals surface area contributed by atoms with Gasteiger partial charge in [-0.25, -0.2) is 4.39 Å². The molecule has 0 radical (unpaired) electrons. The highest BCUT2D eigenvalue weighted by Crippen LogP contribution is 2.28. The van der Waals surface area contributed by atoms with Gasteiger partial charge in [-0.3, -0.25) is 9.78 Å². The van der Waals surface area contributed by atoms with Crippen LogP contribution < -0.4 is 5.32 Å². The lowest BCUT2D eigenvalue weighted by Gasteiger charge is -2.12. The molecule has 21 heavy (non-hydrogen) atoms. The lowest BCUT2D eigenvalue weighted by atomic mass is 10.1. The van der Waals surface area contributed by atoms with Gasteiger partial charge in [-0.05, 0) is 31.0 Å². The third kappa shape index (κ3) is 3.26. The van der Waals surface area contributed by atoms with Gasteiger partial charge in [0.2, 0.25) is 0 Å². The van der Waals surface area contributed by atoms with E-state index in [1.807, 2.05) is 6.07 Å². The number of nitrogens with zero attached hydrogens (tertiary/aromatic N) is 2. The Morgan fingerprint density at radius 1 is 1.52 bits per heavy atom. The number of aryl methyl sites for hydroxylation is 1. The maximum Gasteiger partial charge on any atom is 0.303 e. The van der Waals surface area contributed by atoms with Gasteiger partial charge in [-0.2, -0.15) is 5.26 Å². The molecule has 1 heterocycles. The number of nitrogens with one attached hydrogen (secondary N) is 1. The van der Waals surface area contributed by atoms with E-state index in [0.29, 0.717) is 40.7 Å². The van der Waals surface area contributed by atoms with Crippen molar-refractivity contribution < 1.29 is 14.3 Å². The van der Waals surface area contributed by atoms with Crippen molar-refractivity contribution in [2.24, 2.45) is 0 Å². The molecule has 108 valence electrons. The molecule has 0 unspecified atom stereocenters. The quantitative estimate of drug-likeness (QED) is 0.826. The summed E-state index contributed by atoms with van der Waals surface area (Å²) >= 11 is 0. The van der Waals surface area contributed by atoms with Gasteiger partial charge in [0, 0.05) is 24.5 Å². The number of anilines is 1. The first-order chi connectivity index (χ1) is 10.0. The number of rotatable bonds is 5. The van der Waals surface area contributed by atoms with E-state index >= 15 is 0 Å². The first kappa shape index (κ1) is 14.7. The lowest BCUT2D eigenvalue weighted by molar-refractivity contribution is -0.137. The molecule has 0 aliphatic heterocycles. The van der Waals surface area contributed by atoms with E-state index in [4.69, 9.17) is 10.4 Å². The number of carboxylic acid groups (broad SMARTS) is 1. The summed E-state index contributed by atoms with van der Waals surface area (Å²) in [7, 11) is 0. The number of benzene rings is 1. The van der Waals surface area contributed by atoms with Crippen LogP contribution in [0, 0.1) is 24.1 Å². The van der Waals surface area contributed by atoms with E-state index in [-0.39, 0.29) is 6.42 Å². The molecule has 1 aromatic carbocycles. The Morgan fingerprint density at radius 3 is 2.95 bits per heavy atom. The van der Waals surface area contributed by atoms with E-state index in [0.717, 1.165) is 0 Å². The molecule has 6 heteroatoms. The number of hydrogen-bond acceptors (Lipinski definition) is 4. The molecule has 0 atom stereocenters. The van der Waals surface area contributed by atoms with Crippen molar-refractivity contribution >= 4 is 22.6 Å². The second-order valence-corrected chi connectivity index (χ2v) is 4.70. The molecule has 2 rings (SSSR count). The monoisotopic (exact) mass is 287 g/mol. The van der Waals surface area contributed by atoms with Crippen molar-refractivity contribution in [3.05, 3.63) is 35.3 Å². The van der Waals surface area contributed by atoms with Gasteiger partial charge in [-0.1, -0.05) is 0 Å². The number of aliphatic carboxylic acids is 1. The standard InChI is InChI=1S/C15H14FN3O2/c1-9-5-11(16)6-12-14(9)19-8-10(7-17)15(12)18-4-2-3-13(20)21/h5-6,8H,2-4H2,1H3,(H,18,19)(H,20,21). The van der Waals surface area contributed by atoms with Crippen LogP contribution in [-0.4, -0.2) is 22.6 Å². The minimum absolute atomic E-state index is 0.0330. The van der Waals surface area contributed by atoms with E-state index in [1.54, 1.807) is 6.92 Å². The zero-order valence-corrected chi connectivity index (χ0v) is 11.5. The highest BCUT2D eigenvalue weighted by atomic mass is 19.1. The van der Waals surface area contributed by atoms with Gasteiger partial charge in [0.05, 0.1) is 16.8 Å². The molecular weight excluding hydrogens is 273 g/mol. The van der Waals surface area contributed by atoms with Crippen LogP contribution in [0.25, 0.3) is 10.9 Å². The smallest absolute Gasteiger partial charge is 0.303 e. The highest BCUT2D eigenvalue weighted by molar-refractivity contribution is 5.95. The van der Waals surface area contributed by atoms with Gasteiger partial charge in [0.15, 0.2) is 0 Å². The topological polar surface area (TPSA) is 86.0 Å². The second kappa shape index (κ2) is 6.18. The average Bonchev–Trinajstić information content (AvgIpc) is 2.43. The Bertz CT molecular complexity index is 738. The molecular formula is C15H14FN3O2. The number of carboxylic acids is 1. The van der Waals surface area contributed by atoms with E-state index in [1.165, 1.54) is 18.3 Å². The Hall–Kier alpha value is -2.68. The predicted octanol–water partition coefficient (Wildman–Crippen LogP) is 2.83. The Kier molecular flexibility index (Phi) is 4.33. The molecule has 0 bridgehead atoms. The minimum atomic E-state index is -0.876. The van der Waals surface area contributed by atoms with Crippen LogP contribution in [0.2, 0.25) is 0 Å². The number of hydrogen-bond donors (Lipinski definition) is 2. The van der Waals surface area contributed by atoms with E-state index in [2.05, 4.69) is 10.3 Å². The first-order valence-corrected chi connectivity index (χ1v) is 6.47. The summed E-state index contributed by atoms with van der Waals surface area (Å²) in [6, 6.07) is 4.73. The SMILES string of the molecule is Cc1cc(F)cc2c(NCCCC(=O)O)c(C#N)cnc12. The average molecular weight is 287 g/mol. The molecule has 0 aliphatic carbocycles. The Labute approximate surface area is 121 Å². The predicted molar refractivity (Wildman–Crippen MR) is 76.5 cm³/mol. The lowest BCUT2D eigenvalue weighted by Crippen LogP contribution is -2.07. The summed E-state index contributed by atoms with van der Waals surface area (Å²) in [5, 5.41) is 21.3. The second-order valence-electron chi connectivity index (χ2n) is 4.70. The zero-order valence-electron chi connectivity index (χ0n) is 11.5. The summed E-state index contributed by atoms with van der Waals surface area (Å²) in [5.41, 5.74) is 2.11. The summed E-state index contributed by atoms with van der Waals surface area (Å²) in [6.07, 6.45) is 1.89. The molecule has 0 saturated heterocycles. The molecule has 0 amide bonds. The third-order valence-electron chi connectivity index (χ3n) is 3.12. The fourth-order valence-electron chi connectivity index (χ4n) is 2.16. The maximum atomic E-state index is 13.6. The van der Waals surface area contributed by atoms with Crippen molar-refractivity contribution in [3.8, 4) is 6.07 Å². The van der Waals surface area contributed by atoms with Crippen LogP contribution >= 0.6 is 0 Å². The number of halogens is 1. The molecule has 2 aromatic rings. The summed E-state index contributed by atoms with van der Waals surface area (Å²) < 4.78 is 13.6. The van der Waals surface area contributed by atoms with Gasteiger partial charge >= 0.3 is 5.97 Å². The third-order valence-corrected chi connectivity index (χ3v) is 3.12. The fraction of sp³-hybridized carbons (Fsp3) is 0.267.